The van der Waals surface area contributed by atoms with Crippen LogP contribution in [0.3, 0.4) is 0 Å². The van der Waals surface area contributed by atoms with Gasteiger partial charge < -0.3 is 0 Å². The molecule has 0 unspecified atom stereocenters. The van der Waals surface area contributed by atoms with Gasteiger partial charge in [-0.3, -0.25) is 0 Å². The second-order valence-electron chi connectivity index (χ2n) is 10.8. The van der Waals surface area contributed by atoms with Crippen molar-refractivity contribution in [2.75, 3.05) is 0 Å². The minimum atomic E-state index is 0.191. The Hall–Kier alpha value is -5.15. The summed E-state index contributed by atoms with van der Waals surface area (Å²) < 4.78 is 2.74. The molecule has 0 N–H and O–H groups in total. The van der Waals surface area contributed by atoms with Crippen LogP contribution in [-0.2, 0) is 0 Å². The van der Waals surface area contributed by atoms with E-state index in [1.165, 1.54) is 51.6 Å². The first-order valence-electron chi connectivity index (χ1n) is 14.4. The predicted molar refractivity (Wildman–Crippen MR) is 181 cm³/mol. The van der Waals surface area contributed by atoms with E-state index in [1.54, 1.807) is 0 Å². The van der Waals surface area contributed by atoms with Crippen molar-refractivity contribution in [3.8, 4) is 34.2 Å². The van der Waals surface area contributed by atoms with Crippen molar-refractivity contribution in [1.82, 2.24) is 15.0 Å². The van der Waals surface area contributed by atoms with E-state index in [0.29, 0.717) is 11.6 Å². The number of fused-ring (bicyclic) bond motifs is 8. The Labute approximate surface area is 253 Å². The van der Waals surface area contributed by atoms with Gasteiger partial charge in [0.25, 0.3) is 0 Å². The number of benzene rings is 7. The van der Waals surface area contributed by atoms with Gasteiger partial charge in [0.1, 0.15) is 0 Å². The predicted octanol–water partition coefficient (Wildman–Crippen LogP) is 9.70. The van der Waals surface area contributed by atoms with Crippen molar-refractivity contribution in [2.24, 2.45) is 0 Å². The molecule has 0 bridgehead atoms. The molecule has 9 aromatic rings. The Morgan fingerprint density at radius 2 is 1.00 bits per heavy atom. The SMILES string of the molecule is c1ccc(-c2nc(-c3ccc4c(ccc5c6ccccc6ccc45)c3)nc(-c3cccc4c3[se]c3ccccc34)n2)cc1. The maximum absolute atomic E-state index is 5.14. The molecule has 7 aromatic carbocycles. The van der Waals surface area contributed by atoms with Crippen molar-refractivity contribution in [3.63, 3.8) is 0 Å². The van der Waals surface area contributed by atoms with Crippen LogP contribution in [0.2, 0.25) is 0 Å². The van der Waals surface area contributed by atoms with E-state index in [9.17, 15) is 0 Å². The number of hydrogen-bond acceptors (Lipinski definition) is 3. The van der Waals surface area contributed by atoms with Crippen LogP contribution in [0.4, 0.5) is 0 Å². The molecule has 0 fully saturated rings. The summed E-state index contributed by atoms with van der Waals surface area (Å²) in [6.07, 6.45) is 0. The minimum absolute atomic E-state index is 0.191. The third-order valence-electron chi connectivity index (χ3n) is 8.31. The molecule has 0 amide bonds. The molecule has 0 saturated carbocycles. The second-order valence-corrected chi connectivity index (χ2v) is 13.0. The monoisotopic (exact) mass is 613 g/mol. The van der Waals surface area contributed by atoms with Crippen LogP contribution in [0.5, 0.6) is 0 Å². The van der Waals surface area contributed by atoms with Gasteiger partial charge in [-0.25, -0.2) is 0 Å². The zero-order valence-corrected chi connectivity index (χ0v) is 24.7. The van der Waals surface area contributed by atoms with Gasteiger partial charge in [-0.1, -0.05) is 24.3 Å². The summed E-state index contributed by atoms with van der Waals surface area (Å²) >= 11 is 0.191. The fourth-order valence-corrected chi connectivity index (χ4v) is 8.78. The Bertz CT molecular complexity index is 2510. The number of nitrogens with zero attached hydrogens (tertiary/aromatic N) is 3. The normalized spacial score (nSPS) is 11.7. The quantitative estimate of drug-likeness (QED) is 0.147. The standard InChI is InChI=1S/C39H23N3Se/c1-2-10-25(11-3-1)37-40-38(42-39(41-37)34-15-8-14-33-32-13-6-7-16-35(32)43-36(33)34)27-19-20-29-26(23-27)18-22-30-28-12-5-4-9-24(28)17-21-31(29)30/h1-23H. The van der Waals surface area contributed by atoms with E-state index in [1.807, 2.05) is 18.2 Å². The summed E-state index contributed by atoms with van der Waals surface area (Å²) in [5, 5.41) is 10.1. The molecule has 0 aliphatic rings. The molecule has 0 aliphatic carbocycles. The van der Waals surface area contributed by atoms with E-state index < -0.39 is 0 Å². The first-order chi connectivity index (χ1) is 21.3. The van der Waals surface area contributed by atoms with Crippen molar-refractivity contribution < 1.29 is 0 Å². The van der Waals surface area contributed by atoms with E-state index in [0.717, 1.165) is 22.5 Å². The van der Waals surface area contributed by atoms with Gasteiger partial charge in [-0.15, -0.1) is 0 Å². The summed E-state index contributed by atoms with van der Waals surface area (Å²) in [5.41, 5.74) is 3.05. The maximum atomic E-state index is 5.14. The molecule has 0 radical (unpaired) electrons. The Morgan fingerprint density at radius 3 is 1.86 bits per heavy atom. The van der Waals surface area contributed by atoms with Gasteiger partial charge in [-0.2, -0.15) is 0 Å². The zero-order valence-electron chi connectivity index (χ0n) is 23.0. The van der Waals surface area contributed by atoms with Crippen molar-refractivity contribution >= 4 is 66.1 Å². The molecule has 0 spiro atoms. The average molecular weight is 613 g/mol. The van der Waals surface area contributed by atoms with Crippen molar-refractivity contribution in [2.45, 2.75) is 0 Å². The molecule has 0 aliphatic heterocycles. The zero-order chi connectivity index (χ0) is 28.3. The van der Waals surface area contributed by atoms with Crippen LogP contribution in [-0.4, -0.2) is 29.5 Å². The van der Waals surface area contributed by atoms with Crippen LogP contribution in [0.1, 0.15) is 0 Å². The first kappa shape index (κ1) is 24.4. The summed E-state index contributed by atoms with van der Waals surface area (Å²) in [7, 11) is 0. The number of hydrogen-bond donors (Lipinski definition) is 0. The molecule has 0 atom stereocenters. The Balaban J connectivity index is 1.26. The first-order valence-corrected chi connectivity index (χ1v) is 16.1. The van der Waals surface area contributed by atoms with Crippen LogP contribution in [0.25, 0.3) is 85.8 Å². The number of rotatable bonds is 3. The second kappa shape index (κ2) is 9.71. The van der Waals surface area contributed by atoms with Crippen LogP contribution in [0.15, 0.2) is 140 Å². The van der Waals surface area contributed by atoms with E-state index >= 15 is 0 Å². The third-order valence-corrected chi connectivity index (χ3v) is 10.9. The summed E-state index contributed by atoms with van der Waals surface area (Å²) in [4.78, 5) is 15.2. The Morgan fingerprint density at radius 1 is 0.372 bits per heavy atom. The fourth-order valence-electron chi connectivity index (χ4n) is 6.23. The van der Waals surface area contributed by atoms with Gasteiger partial charge in [-0.05, 0) is 5.39 Å². The molecule has 0 saturated heterocycles. The molecule has 9 rings (SSSR count). The summed E-state index contributed by atoms with van der Waals surface area (Å²) in [6.45, 7) is 0. The van der Waals surface area contributed by atoms with Gasteiger partial charge in [0.05, 0.1) is 0 Å². The third kappa shape index (κ3) is 3.99. The van der Waals surface area contributed by atoms with E-state index in [-0.39, 0.29) is 14.5 Å². The molecular weight excluding hydrogens is 589 g/mol. The van der Waals surface area contributed by atoms with Crippen LogP contribution < -0.4 is 0 Å². The molecule has 3 nitrogen and oxygen atoms in total. The molecule has 4 heteroatoms. The molecule has 2 heterocycles. The van der Waals surface area contributed by atoms with Crippen LogP contribution >= 0.6 is 0 Å². The average Bonchev–Trinajstić information content (AvgIpc) is 3.47. The van der Waals surface area contributed by atoms with Crippen LogP contribution in [0, 0.1) is 0 Å². The number of aromatic nitrogens is 3. The molecule has 43 heavy (non-hydrogen) atoms. The molecular formula is C39H23N3Se. The molecule has 2 aromatic heterocycles. The van der Waals surface area contributed by atoms with Crippen molar-refractivity contribution in [3.05, 3.63) is 140 Å². The topological polar surface area (TPSA) is 38.7 Å². The Kier molecular flexibility index (Phi) is 5.52. The van der Waals surface area contributed by atoms with Gasteiger partial charge >= 0.3 is 225 Å². The van der Waals surface area contributed by atoms with Gasteiger partial charge in [0, 0.05) is 0 Å². The van der Waals surface area contributed by atoms with Crippen molar-refractivity contribution in [1.29, 1.82) is 0 Å². The van der Waals surface area contributed by atoms with E-state index in [4.69, 9.17) is 15.0 Å². The summed E-state index contributed by atoms with van der Waals surface area (Å²) in [5.74, 6) is 2.09. The fraction of sp³-hybridized carbons (Fsp3) is 0. The molecule has 200 valence electrons. The van der Waals surface area contributed by atoms with Gasteiger partial charge in [0.15, 0.2) is 0 Å². The van der Waals surface area contributed by atoms with E-state index in [2.05, 4.69) is 121 Å². The summed E-state index contributed by atoms with van der Waals surface area (Å²) in [6, 6.07) is 49.5. The van der Waals surface area contributed by atoms with Gasteiger partial charge in [0.2, 0.25) is 0 Å².